The molecule has 0 aromatic heterocycles. The Kier molecular flexibility index (Phi) is 1.95. The van der Waals surface area contributed by atoms with E-state index in [2.05, 4.69) is 6.92 Å². The van der Waals surface area contributed by atoms with Gasteiger partial charge >= 0.3 is 0 Å². The number of phenolic OH excluding ortho intramolecular Hbond substituents is 1. The van der Waals surface area contributed by atoms with Gasteiger partial charge < -0.3 is 5.11 Å². The van der Waals surface area contributed by atoms with Crippen molar-refractivity contribution in [3.05, 3.63) is 29.3 Å². The van der Waals surface area contributed by atoms with Crippen LogP contribution in [0.1, 0.15) is 18.1 Å². The second-order valence-corrected chi connectivity index (χ2v) is 2.41. The van der Waals surface area contributed by atoms with Crippen LogP contribution in [0, 0.1) is 6.92 Å². The Balaban J connectivity index is 3.14. The molecular weight excluding hydrogens is 124 g/mol. The minimum Gasteiger partial charge on any atom is -0.508 e. The zero-order valence-electron chi connectivity index (χ0n) is 6.39. The summed E-state index contributed by atoms with van der Waals surface area (Å²) in [6, 6.07) is 5.63. The molecule has 10 heavy (non-hydrogen) atoms. The average molecular weight is 136 g/mol. The third-order valence-corrected chi connectivity index (χ3v) is 1.80. The molecule has 0 atom stereocenters. The number of rotatable bonds is 1. The lowest BCUT2D eigenvalue weighted by molar-refractivity contribution is 0.470. The summed E-state index contributed by atoms with van der Waals surface area (Å²) in [5.41, 5.74) is 2.23. The highest BCUT2D eigenvalue weighted by Crippen LogP contribution is 2.19. The second-order valence-electron chi connectivity index (χ2n) is 2.41. The Morgan fingerprint density at radius 3 is 2.60 bits per heavy atom. The first-order valence-electron chi connectivity index (χ1n) is 3.53. The van der Waals surface area contributed by atoms with Crippen LogP contribution in [-0.4, -0.2) is 5.11 Å². The molecule has 0 saturated heterocycles. The van der Waals surface area contributed by atoms with Crippen LogP contribution in [0.2, 0.25) is 0 Å². The molecule has 0 bridgehead atoms. The molecule has 0 aliphatic carbocycles. The molecule has 0 unspecified atom stereocenters. The van der Waals surface area contributed by atoms with Crippen molar-refractivity contribution in [2.75, 3.05) is 0 Å². The Bertz CT molecular complexity index is 228. The van der Waals surface area contributed by atoms with E-state index in [1.54, 1.807) is 6.07 Å². The predicted molar refractivity (Wildman–Crippen MR) is 42.2 cm³/mol. The minimum absolute atomic E-state index is 0.402. The van der Waals surface area contributed by atoms with Crippen molar-refractivity contribution in [2.45, 2.75) is 20.3 Å². The summed E-state index contributed by atoms with van der Waals surface area (Å²) in [6.07, 6.45) is 0.986. The van der Waals surface area contributed by atoms with Crippen LogP contribution >= 0.6 is 0 Å². The molecule has 1 nitrogen and oxygen atoms in total. The van der Waals surface area contributed by atoms with Gasteiger partial charge in [0.2, 0.25) is 0 Å². The first-order chi connectivity index (χ1) is 4.75. The maximum atomic E-state index is 9.23. The molecule has 1 heteroatoms. The van der Waals surface area contributed by atoms with E-state index in [-0.39, 0.29) is 0 Å². The van der Waals surface area contributed by atoms with Gasteiger partial charge in [-0.05, 0) is 30.5 Å². The molecule has 0 saturated carbocycles. The summed E-state index contributed by atoms with van der Waals surface area (Å²) in [5.74, 6) is 0.402. The smallest absolute Gasteiger partial charge is 0.118 e. The van der Waals surface area contributed by atoms with Crippen LogP contribution in [0.4, 0.5) is 0 Å². The molecule has 0 radical (unpaired) electrons. The van der Waals surface area contributed by atoms with Gasteiger partial charge in [-0.2, -0.15) is 0 Å². The normalized spacial score (nSPS) is 9.80. The van der Waals surface area contributed by atoms with E-state index in [0.29, 0.717) is 5.75 Å². The number of hydrogen-bond acceptors (Lipinski definition) is 1. The largest absolute Gasteiger partial charge is 0.508 e. The molecule has 0 fully saturated rings. The van der Waals surface area contributed by atoms with Gasteiger partial charge in [0.15, 0.2) is 0 Å². The van der Waals surface area contributed by atoms with Crippen molar-refractivity contribution >= 4 is 0 Å². The quantitative estimate of drug-likeness (QED) is 0.627. The number of benzene rings is 1. The monoisotopic (exact) mass is 136 g/mol. The topological polar surface area (TPSA) is 20.2 Å². The standard InChI is InChI=1S/C9H12O/c1-3-8-5-4-6-9(10)7(8)2/h4-6,10H,3H2,1-2H3. The molecule has 54 valence electrons. The van der Waals surface area contributed by atoms with Gasteiger partial charge in [0.05, 0.1) is 0 Å². The lowest BCUT2D eigenvalue weighted by Crippen LogP contribution is -1.84. The minimum atomic E-state index is 0.402. The van der Waals surface area contributed by atoms with E-state index in [9.17, 15) is 5.11 Å². The average Bonchev–Trinajstić information content (AvgIpc) is 1.95. The molecule has 1 rings (SSSR count). The van der Waals surface area contributed by atoms with E-state index in [1.807, 2.05) is 19.1 Å². The molecule has 1 N–H and O–H groups in total. The summed E-state index contributed by atoms with van der Waals surface area (Å²) in [6.45, 7) is 4.02. The Morgan fingerprint density at radius 2 is 2.10 bits per heavy atom. The molecule has 0 spiro atoms. The fourth-order valence-electron chi connectivity index (χ4n) is 1.05. The summed E-state index contributed by atoms with van der Waals surface area (Å²) in [4.78, 5) is 0. The van der Waals surface area contributed by atoms with Crippen LogP contribution in [0.25, 0.3) is 0 Å². The van der Waals surface area contributed by atoms with Gasteiger partial charge in [-0.1, -0.05) is 19.1 Å². The Hall–Kier alpha value is -0.980. The van der Waals surface area contributed by atoms with Gasteiger partial charge in [-0.3, -0.25) is 0 Å². The zero-order valence-corrected chi connectivity index (χ0v) is 6.39. The maximum Gasteiger partial charge on any atom is 0.118 e. The third-order valence-electron chi connectivity index (χ3n) is 1.80. The Morgan fingerprint density at radius 1 is 1.40 bits per heavy atom. The van der Waals surface area contributed by atoms with Crippen LogP contribution < -0.4 is 0 Å². The van der Waals surface area contributed by atoms with Gasteiger partial charge in [0, 0.05) is 0 Å². The number of hydrogen-bond donors (Lipinski definition) is 1. The van der Waals surface area contributed by atoms with Crippen LogP contribution in [-0.2, 0) is 6.42 Å². The maximum absolute atomic E-state index is 9.23. The molecule has 1 aromatic rings. The van der Waals surface area contributed by atoms with Gasteiger partial charge in [0.25, 0.3) is 0 Å². The van der Waals surface area contributed by atoms with E-state index in [4.69, 9.17) is 0 Å². The van der Waals surface area contributed by atoms with Crippen LogP contribution in [0.15, 0.2) is 18.2 Å². The molecular formula is C9H12O. The van der Waals surface area contributed by atoms with Crippen molar-refractivity contribution in [2.24, 2.45) is 0 Å². The SMILES string of the molecule is CCc1cccc(O)c1C. The molecule has 0 amide bonds. The van der Waals surface area contributed by atoms with Crippen molar-refractivity contribution in [1.29, 1.82) is 0 Å². The van der Waals surface area contributed by atoms with Gasteiger partial charge in [0.1, 0.15) is 5.75 Å². The number of phenols is 1. The highest BCUT2D eigenvalue weighted by Gasteiger charge is 1.98. The van der Waals surface area contributed by atoms with Gasteiger partial charge in [-0.15, -0.1) is 0 Å². The second kappa shape index (κ2) is 2.74. The molecule has 1 aromatic carbocycles. The van der Waals surface area contributed by atoms with Crippen molar-refractivity contribution in [3.8, 4) is 5.75 Å². The lowest BCUT2D eigenvalue weighted by Gasteiger charge is -2.02. The molecule has 0 aliphatic heterocycles. The first-order valence-corrected chi connectivity index (χ1v) is 3.53. The fraction of sp³-hybridized carbons (Fsp3) is 0.333. The Labute approximate surface area is 61.3 Å². The predicted octanol–water partition coefficient (Wildman–Crippen LogP) is 2.26. The van der Waals surface area contributed by atoms with E-state index < -0.39 is 0 Å². The fourth-order valence-corrected chi connectivity index (χ4v) is 1.05. The summed E-state index contributed by atoms with van der Waals surface area (Å²) in [7, 11) is 0. The van der Waals surface area contributed by atoms with Crippen molar-refractivity contribution in [1.82, 2.24) is 0 Å². The van der Waals surface area contributed by atoms with E-state index in [1.165, 1.54) is 5.56 Å². The van der Waals surface area contributed by atoms with E-state index in [0.717, 1.165) is 12.0 Å². The van der Waals surface area contributed by atoms with Crippen LogP contribution in [0.3, 0.4) is 0 Å². The summed E-state index contributed by atoms with van der Waals surface area (Å²) in [5, 5.41) is 9.23. The van der Waals surface area contributed by atoms with Crippen molar-refractivity contribution in [3.63, 3.8) is 0 Å². The highest BCUT2D eigenvalue weighted by molar-refractivity contribution is 5.37. The highest BCUT2D eigenvalue weighted by atomic mass is 16.3. The van der Waals surface area contributed by atoms with E-state index >= 15 is 0 Å². The third kappa shape index (κ3) is 1.13. The van der Waals surface area contributed by atoms with Gasteiger partial charge in [-0.25, -0.2) is 0 Å². The number of aryl methyl sites for hydroxylation is 1. The number of aromatic hydroxyl groups is 1. The summed E-state index contributed by atoms with van der Waals surface area (Å²) < 4.78 is 0. The van der Waals surface area contributed by atoms with Crippen LogP contribution in [0.5, 0.6) is 5.75 Å². The zero-order chi connectivity index (χ0) is 7.56. The molecule has 0 aliphatic rings. The lowest BCUT2D eigenvalue weighted by atomic mass is 10.1. The summed E-state index contributed by atoms with van der Waals surface area (Å²) >= 11 is 0. The van der Waals surface area contributed by atoms with Crippen molar-refractivity contribution < 1.29 is 5.11 Å². The molecule has 0 heterocycles. The first kappa shape index (κ1) is 7.13.